The largest absolute Gasteiger partial charge is 0.352 e. The normalized spacial score (nSPS) is 20.6. The Morgan fingerprint density at radius 2 is 1.64 bits per heavy atom. The quantitative estimate of drug-likeness (QED) is 0.534. The predicted molar refractivity (Wildman–Crippen MR) is 127 cm³/mol. The van der Waals surface area contributed by atoms with Gasteiger partial charge in [0, 0.05) is 58.3 Å². The van der Waals surface area contributed by atoms with E-state index >= 15 is 0 Å². The maximum absolute atomic E-state index is 12.8. The van der Waals surface area contributed by atoms with Crippen LogP contribution in [-0.2, 0) is 19.6 Å². The number of hydrogen-bond acceptors (Lipinski definition) is 6. The van der Waals surface area contributed by atoms with Crippen LogP contribution in [0.1, 0.15) is 32.1 Å². The molecule has 0 bridgehead atoms. The molecular formula is C22H32ClN5O4S. The van der Waals surface area contributed by atoms with Crippen LogP contribution in [0.15, 0.2) is 23.1 Å². The lowest BCUT2D eigenvalue weighted by Crippen LogP contribution is -2.50. The third-order valence-electron chi connectivity index (χ3n) is 6.34. The number of rotatable bonds is 9. The zero-order chi connectivity index (χ0) is 23.4. The van der Waals surface area contributed by atoms with Crippen molar-refractivity contribution in [2.24, 2.45) is 0 Å². The van der Waals surface area contributed by atoms with Gasteiger partial charge in [0.15, 0.2) is 0 Å². The van der Waals surface area contributed by atoms with Crippen molar-refractivity contribution in [1.29, 1.82) is 0 Å². The molecule has 1 aliphatic carbocycles. The van der Waals surface area contributed by atoms with Crippen LogP contribution < -0.4 is 10.6 Å². The van der Waals surface area contributed by atoms with Crippen molar-refractivity contribution >= 4 is 39.1 Å². The van der Waals surface area contributed by atoms with Crippen molar-refractivity contribution in [2.45, 2.75) is 43.0 Å². The van der Waals surface area contributed by atoms with E-state index in [1.54, 1.807) is 0 Å². The summed E-state index contributed by atoms with van der Waals surface area (Å²) in [5.41, 5.74) is 0.313. The van der Waals surface area contributed by atoms with Crippen molar-refractivity contribution in [3.63, 3.8) is 0 Å². The van der Waals surface area contributed by atoms with Crippen LogP contribution in [-0.4, -0.2) is 92.7 Å². The van der Waals surface area contributed by atoms with Gasteiger partial charge < -0.3 is 15.5 Å². The highest BCUT2D eigenvalue weighted by Gasteiger charge is 2.28. The number of anilines is 1. The molecule has 0 atom stereocenters. The minimum Gasteiger partial charge on any atom is -0.352 e. The molecule has 3 fully saturated rings. The molecule has 4 rings (SSSR count). The Hall–Kier alpha value is -1.72. The van der Waals surface area contributed by atoms with E-state index in [2.05, 4.69) is 20.4 Å². The van der Waals surface area contributed by atoms with Gasteiger partial charge in [0.1, 0.15) is 0 Å². The van der Waals surface area contributed by atoms with Gasteiger partial charge in [-0.05, 0) is 43.9 Å². The molecule has 2 amide bonds. The van der Waals surface area contributed by atoms with E-state index < -0.39 is 10.0 Å². The number of carbonyl (C=O) groups is 2. The highest BCUT2D eigenvalue weighted by Crippen LogP contribution is 2.28. The minimum atomic E-state index is -3.58. The molecule has 2 N–H and O–H groups in total. The molecule has 2 aliphatic heterocycles. The molecule has 0 unspecified atom stereocenters. The summed E-state index contributed by atoms with van der Waals surface area (Å²) in [5, 5.41) is 6.09. The van der Waals surface area contributed by atoms with E-state index in [4.69, 9.17) is 11.6 Å². The number of nitrogens with zero attached hydrogens (tertiary/aromatic N) is 3. The Bertz CT molecular complexity index is 971. The maximum atomic E-state index is 12.8. The molecule has 1 saturated carbocycles. The molecule has 182 valence electrons. The van der Waals surface area contributed by atoms with Crippen LogP contribution in [0.2, 0.25) is 5.02 Å². The van der Waals surface area contributed by atoms with Gasteiger partial charge in [0.05, 0.1) is 22.2 Å². The number of halogens is 1. The van der Waals surface area contributed by atoms with Gasteiger partial charge in [-0.15, -0.1) is 0 Å². The molecule has 1 aromatic carbocycles. The van der Waals surface area contributed by atoms with Crippen molar-refractivity contribution < 1.29 is 18.0 Å². The standard InChI is InChI=1S/C22H32ClN5O4S/c23-19-6-5-18(33(31,32)28-8-1-2-9-28)15-20(19)25-21(29)7-10-26-11-13-27(14-12-26)16-22(30)24-17-3-4-17/h5-6,15,17H,1-4,7-14,16H2,(H,24,30)(H,25,29). The summed E-state index contributed by atoms with van der Waals surface area (Å²) in [5.74, 6) is -0.116. The number of sulfonamides is 1. The van der Waals surface area contributed by atoms with Crippen molar-refractivity contribution in [3.8, 4) is 0 Å². The van der Waals surface area contributed by atoms with Gasteiger partial charge in [-0.1, -0.05) is 11.6 Å². The summed E-state index contributed by atoms with van der Waals surface area (Å²) in [4.78, 5) is 29.0. The summed E-state index contributed by atoms with van der Waals surface area (Å²) in [6.07, 6.45) is 4.18. The SMILES string of the molecule is O=C(CCN1CCN(CC(=O)NC2CC2)CC1)Nc1cc(S(=O)(=O)N2CCCC2)ccc1Cl. The Morgan fingerprint density at radius 1 is 0.970 bits per heavy atom. The Morgan fingerprint density at radius 3 is 2.30 bits per heavy atom. The average Bonchev–Trinajstić information content (AvgIpc) is 3.41. The van der Waals surface area contributed by atoms with Crippen LogP contribution in [0.3, 0.4) is 0 Å². The smallest absolute Gasteiger partial charge is 0.243 e. The first-order valence-corrected chi connectivity index (χ1v) is 13.5. The van der Waals surface area contributed by atoms with Gasteiger partial charge in [-0.25, -0.2) is 8.42 Å². The van der Waals surface area contributed by atoms with Crippen molar-refractivity contribution in [1.82, 2.24) is 19.4 Å². The maximum Gasteiger partial charge on any atom is 0.243 e. The van der Waals surface area contributed by atoms with Crippen molar-refractivity contribution in [3.05, 3.63) is 23.2 Å². The van der Waals surface area contributed by atoms with E-state index in [0.29, 0.717) is 42.9 Å². The van der Waals surface area contributed by atoms with Crippen LogP contribution in [0.4, 0.5) is 5.69 Å². The average molecular weight is 498 g/mol. The first-order valence-electron chi connectivity index (χ1n) is 11.6. The molecule has 2 saturated heterocycles. The fourth-order valence-electron chi connectivity index (χ4n) is 4.19. The highest BCUT2D eigenvalue weighted by molar-refractivity contribution is 7.89. The van der Waals surface area contributed by atoms with Gasteiger partial charge in [0.2, 0.25) is 21.8 Å². The lowest BCUT2D eigenvalue weighted by Gasteiger charge is -2.34. The number of hydrogen-bond donors (Lipinski definition) is 2. The number of nitrogens with one attached hydrogen (secondary N) is 2. The zero-order valence-corrected chi connectivity index (χ0v) is 20.3. The summed E-state index contributed by atoms with van der Waals surface area (Å²) < 4.78 is 27.1. The fraction of sp³-hybridized carbons (Fsp3) is 0.636. The predicted octanol–water partition coefficient (Wildman–Crippen LogP) is 1.35. The van der Waals surface area contributed by atoms with Crippen molar-refractivity contribution in [2.75, 3.05) is 57.7 Å². The van der Waals surface area contributed by atoms with E-state index in [1.165, 1.54) is 22.5 Å². The first kappa shape index (κ1) is 24.4. The van der Waals surface area contributed by atoms with Gasteiger partial charge in [-0.3, -0.25) is 14.5 Å². The third kappa shape index (κ3) is 6.66. The molecule has 9 nitrogen and oxygen atoms in total. The van der Waals surface area contributed by atoms with E-state index in [1.807, 2.05) is 0 Å². The number of amides is 2. The van der Waals surface area contributed by atoms with Gasteiger partial charge in [0.25, 0.3) is 0 Å². The topological polar surface area (TPSA) is 102 Å². The van der Waals surface area contributed by atoms with Gasteiger partial charge >= 0.3 is 0 Å². The Balaban J connectivity index is 1.23. The Labute approximate surface area is 200 Å². The second-order valence-electron chi connectivity index (χ2n) is 9.01. The van der Waals surface area contributed by atoms with Crippen LogP contribution in [0.25, 0.3) is 0 Å². The Kier molecular flexibility index (Phi) is 7.91. The third-order valence-corrected chi connectivity index (χ3v) is 8.57. The van der Waals surface area contributed by atoms with Crippen LogP contribution in [0.5, 0.6) is 0 Å². The zero-order valence-electron chi connectivity index (χ0n) is 18.8. The fourth-order valence-corrected chi connectivity index (χ4v) is 5.89. The number of piperazine rings is 1. The summed E-state index contributed by atoms with van der Waals surface area (Å²) in [6, 6.07) is 4.82. The summed E-state index contributed by atoms with van der Waals surface area (Å²) in [7, 11) is -3.58. The molecule has 33 heavy (non-hydrogen) atoms. The monoisotopic (exact) mass is 497 g/mol. The molecule has 3 aliphatic rings. The summed E-state index contributed by atoms with van der Waals surface area (Å²) >= 11 is 6.22. The van der Waals surface area contributed by atoms with E-state index in [9.17, 15) is 18.0 Å². The molecule has 0 spiro atoms. The second-order valence-corrected chi connectivity index (χ2v) is 11.4. The molecule has 1 aromatic rings. The van der Waals surface area contributed by atoms with Crippen LogP contribution >= 0.6 is 11.6 Å². The van der Waals surface area contributed by atoms with E-state index in [-0.39, 0.29) is 23.1 Å². The molecule has 0 aromatic heterocycles. The highest BCUT2D eigenvalue weighted by atomic mass is 35.5. The molecule has 2 heterocycles. The lowest BCUT2D eigenvalue weighted by atomic mass is 10.2. The number of carbonyl (C=O) groups excluding carboxylic acids is 2. The summed E-state index contributed by atoms with van der Waals surface area (Å²) in [6.45, 7) is 5.25. The number of benzene rings is 1. The lowest BCUT2D eigenvalue weighted by molar-refractivity contribution is -0.122. The van der Waals surface area contributed by atoms with Crippen LogP contribution in [0, 0.1) is 0 Å². The molecule has 0 radical (unpaired) electrons. The minimum absolute atomic E-state index is 0.0937. The van der Waals surface area contributed by atoms with Gasteiger partial charge in [-0.2, -0.15) is 4.31 Å². The molecular weight excluding hydrogens is 466 g/mol. The second kappa shape index (κ2) is 10.7. The first-order chi connectivity index (χ1) is 15.8. The van der Waals surface area contributed by atoms with E-state index in [0.717, 1.165) is 51.9 Å². The molecule has 11 heteroatoms.